The summed E-state index contributed by atoms with van der Waals surface area (Å²) < 4.78 is 5.36. The molecule has 3 fully saturated rings. The third kappa shape index (κ3) is 9.65. The minimum Gasteiger partial charge on any atom is -0.479 e. The number of benzene rings is 1. The molecule has 5 amide bonds. The summed E-state index contributed by atoms with van der Waals surface area (Å²) >= 11 is 0. The molecule has 5 N–H and O–H groups in total. The molecule has 0 aromatic heterocycles. The molecule has 0 spiro atoms. The first-order chi connectivity index (χ1) is 24.2. The van der Waals surface area contributed by atoms with E-state index in [1.165, 1.54) is 17.0 Å². The summed E-state index contributed by atoms with van der Waals surface area (Å²) in [6.45, 7) is 9.55. The molecule has 6 unspecified atom stereocenters. The van der Waals surface area contributed by atoms with Gasteiger partial charge in [-0.3, -0.25) is 24.0 Å². The molecule has 0 bridgehead atoms. The fourth-order valence-electron chi connectivity index (χ4n) is 7.62. The van der Waals surface area contributed by atoms with Crippen molar-refractivity contribution in [1.29, 1.82) is 0 Å². The average Bonchev–Trinajstić information content (AvgIpc) is 3.40. The highest BCUT2D eigenvalue weighted by atomic mass is 16.5. The van der Waals surface area contributed by atoms with E-state index < -0.39 is 66.3 Å². The number of rotatable bonds is 16. The zero-order chi connectivity index (χ0) is 37.5. The number of hydrogen-bond donors (Lipinski definition) is 5. The van der Waals surface area contributed by atoms with Crippen molar-refractivity contribution in [1.82, 2.24) is 26.2 Å². The molecule has 0 radical (unpaired) electrons. The van der Waals surface area contributed by atoms with Crippen LogP contribution in [0.2, 0.25) is 0 Å². The molecule has 1 saturated heterocycles. The van der Waals surface area contributed by atoms with Crippen molar-refractivity contribution < 1.29 is 43.4 Å². The van der Waals surface area contributed by atoms with Crippen molar-refractivity contribution >= 4 is 41.5 Å². The molecule has 4 rings (SSSR count). The van der Waals surface area contributed by atoms with Gasteiger partial charge in [-0.05, 0) is 53.9 Å². The highest BCUT2D eigenvalue weighted by Crippen LogP contribution is 2.65. The standard InChI is InChI=1S/C37H53N5O9/c1-6-13-25(31(44)33(46)38-18-26(43)40-29(35(48)49)23-16-11-8-12-17-23)39-32(45)30-27-24(37(27,4)5)19-42(30)34(47)28(22-14-9-7-10-15-22)41-36(50)51-20-21(2)3/h8,11-12,16-17,21-22,24-25,27-30H,6-7,9-10,13-15,18-20H2,1-5H3,(H,38,46)(H,39,45)(H,40,43)(H,41,50)(H,48,49). The van der Waals surface area contributed by atoms with Crippen LogP contribution in [0.3, 0.4) is 0 Å². The number of Topliss-reactive ketones (excluding diaryl/α,β-unsaturated/α-hetero) is 1. The SMILES string of the molecule is CCCC(NC(=O)C1C2C(CN1C(=O)C(NC(=O)OCC(C)C)C1CCCCC1)C2(C)C)C(=O)C(=O)NCC(=O)NC(C(=O)O)c1ccccc1. The second-order valence-electron chi connectivity index (χ2n) is 15.0. The smallest absolute Gasteiger partial charge is 0.407 e. The Bertz CT molecular complexity index is 1460. The Balaban J connectivity index is 1.44. The van der Waals surface area contributed by atoms with Crippen LogP contribution in [-0.4, -0.2) is 89.3 Å². The summed E-state index contributed by atoms with van der Waals surface area (Å²) in [4.78, 5) is 93.3. The molecule has 51 heavy (non-hydrogen) atoms. The van der Waals surface area contributed by atoms with Crippen molar-refractivity contribution in [3.8, 4) is 0 Å². The fourth-order valence-corrected chi connectivity index (χ4v) is 7.62. The number of nitrogens with zero attached hydrogens (tertiary/aromatic N) is 1. The first kappa shape index (κ1) is 39.3. The van der Waals surface area contributed by atoms with Crippen LogP contribution < -0.4 is 21.3 Å². The van der Waals surface area contributed by atoms with E-state index in [1.54, 1.807) is 25.1 Å². The number of aliphatic carboxylic acids is 1. The molecular formula is C37H53N5O9. The number of likely N-dealkylation sites (tertiary alicyclic amines) is 1. The second kappa shape index (κ2) is 17.1. The third-order valence-electron chi connectivity index (χ3n) is 10.5. The highest BCUT2D eigenvalue weighted by Gasteiger charge is 2.69. The number of carboxylic acids is 1. The number of carbonyl (C=O) groups excluding carboxylic acids is 6. The van der Waals surface area contributed by atoms with Crippen LogP contribution in [0, 0.1) is 29.1 Å². The van der Waals surface area contributed by atoms with Crippen molar-refractivity contribution in [2.45, 2.75) is 104 Å². The maximum absolute atomic E-state index is 14.3. The fraction of sp³-hybridized carbons (Fsp3) is 0.649. The van der Waals surface area contributed by atoms with E-state index in [0.29, 0.717) is 18.5 Å². The van der Waals surface area contributed by atoms with Crippen LogP contribution in [0.15, 0.2) is 30.3 Å². The van der Waals surface area contributed by atoms with Gasteiger partial charge in [-0.25, -0.2) is 9.59 Å². The predicted octanol–water partition coefficient (Wildman–Crippen LogP) is 2.71. The second-order valence-corrected chi connectivity index (χ2v) is 15.0. The number of ether oxygens (including phenoxy) is 1. The first-order valence-electron chi connectivity index (χ1n) is 18.1. The number of fused-ring (bicyclic) bond motifs is 1. The maximum Gasteiger partial charge on any atom is 0.407 e. The predicted molar refractivity (Wildman–Crippen MR) is 186 cm³/mol. The summed E-state index contributed by atoms with van der Waals surface area (Å²) in [5.41, 5.74) is 0.101. The van der Waals surface area contributed by atoms with Crippen molar-refractivity contribution in [3.63, 3.8) is 0 Å². The third-order valence-corrected chi connectivity index (χ3v) is 10.5. The van der Waals surface area contributed by atoms with Gasteiger partial charge >= 0.3 is 12.1 Å². The van der Waals surface area contributed by atoms with E-state index in [9.17, 15) is 38.7 Å². The van der Waals surface area contributed by atoms with Crippen LogP contribution in [0.4, 0.5) is 4.79 Å². The van der Waals surface area contributed by atoms with Crippen LogP contribution in [0.5, 0.6) is 0 Å². The molecule has 1 aliphatic heterocycles. The van der Waals surface area contributed by atoms with Gasteiger partial charge in [-0.1, -0.05) is 90.6 Å². The highest BCUT2D eigenvalue weighted by molar-refractivity contribution is 6.38. The van der Waals surface area contributed by atoms with Gasteiger partial charge in [0.1, 0.15) is 12.1 Å². The number of nitrogens with one attached hydrogen (secondary N) is 4. The first-order valence-corrected chi connectivity index (χ1v) is 18.1. The number of hydrogen-bond acceptors (Lipinski definition) is 8. The normalized spacial score (nSPS) is 22.5. The van der Waals surface area contributed by atoms with Gasteiger partial charge < -0.3 is 36.0 Å². The van der Waals surface area contributed by atoms with Crippen LogP contribution in [0.25, 0.3) is 0 Å². The Morgan fingerprint density at radius 3 is 2.24 bits per heavy atom. The minimum atomic E-state index is -1.36. The zero-order valence-corrected chi connectivity index (χ0v) is 30.2. The van der Waals surface area contributed by atoms with E-state index in [1.807, 2.05) is 27.7 Å². The molecule has 1 aromatic carbocycles. The zero-order valence-electron chi connectivity index (χ0n) is 30.2. The summed E-state index contributed by atoms with van der Waals surface area (Å²) in [5.74, 6) is -5.24. The van der Waals surface area contributed by atoms with Gasteiger partial charge in [0, 0.05) is 6.54 Å². The van der Waals surface area contributed by atoms with E-state index in [-0.39, 0.29) is 48.0 Å². The van der Waals surface area contributed by atoms with Crippen molar-refractivity contribution in [2.75, 3.05) is 19.7 Å². The van der Waals surface area contributed by atoms with Gasteiger partial charge in [0.2, 0.25) is 23.5 Å². The molecule has 14 nitrogen and oxygen atoms in total. The molecule has 2 aliphatic carbocycles. The van der Waals surface area contributed by atoms with Gasteiger partial charge in [-0.2, -0.15) is 0 Å². The molecule has 14 heteroatoms. The summed E-state index contributed by atoms with van der Waals surface area (Å²) in [7, 11) is 0. The lowest BCUT2D eigenvalue weighted by atomic mass is 9.83. The Morgan fingerprint density at radius 2 is 1.63 bits per heavy atom. The van der Waals surface area contributed by atoms with E-state index in [2.05, 4.69) is 21.3 Å². The topological polar surface area (TPSA) is 200 Å². The van der Waals surface area contributed by atoms with E-state index >= 15 is 0 Å². The van der Waals surface area contributed by atoms with Crippen LogP contribution in [0.1, 0.15) is 91.2 Å². The number of carboxylic acid groups (broad SMARTS) is 1. The quantitative estimate of drug-likeness (QED) is 0.160. The van der Waals surface area contributed by atoms with Crippen molar-refractivity contribution in [2.24, 2.45) is 29.1 Å². The number of amides is 5. The number of ketones is 1. The molecule has 3 aliphatic rings. The van der Waals surface area contributed by atoms with Gasteiger partial charge in [0.25, 0.3) is 5.91 Å². The van der Waals surface area contributed by atoms with Crippen LogP contribution >= 0.6 is 0 Å². The van der Waals surface area contributed by atoms with Gasteiger partial charge in [0.15, 0.2) is 6.04 Å². The Labute approximate surface area is 299 Å². The van der Waals surface area contributed by atoms with Crippen LogP contribution in [-0.2, 0) is 33.5 Å². The molecular weight excluding hydrogens is 658 g/mol. The maximum atomic E-state index is 14.3. The Morgan fingerprint density at radius 1 is 0.961 bits per heavy atom. The summed E-state index contributed by atoms with van der Waals surface area (Å²) in [5, 5.41) is 19.7. The number of piperidine rings is 1. The summed E-state index contributed by atoms with van der Waals surface area (Å²) in [6, 6.07) is 3.67. The molecule has 1 aromatic rings. The molecule has 1 heterocycles. The lowest BCUT2D eigenvalue weighted by Crippen LogP contribution is -2.59. The summed E-state index contributed by atoms with van der Waals surface area (Å²) in [6.07, 6.45) is 4.31. The van der Waals surface area contributed by atoms with E-state index in [4.69, 9.17) is 4.74 Å². The van der Waals surface area contributed by atoms with Gasteiger partial charge in [0.05, 0.1) is 19.2 Å². The Kier molecular flexibility index (Phi) is 13.2. The lowest BCUT2D eigenvalue weighted by Gasteiger charge is -2.37. The Hall–Kier alpha value is -4.49. The van der Waals surface area contributed by atoms with E-state index in [0.717, 1.165) is 32.1 Å². The number of carbonyl (C=O) groups is 7. The largest absolute Gasteiger partial charge is 0.479 e. The number of alkyl carbamates (subject to hydrolysis) is 1. The van der Waals surface area contributed by atoms with Gasteiger partial charge in [-0.15, -0.1) is 0 Å². The monoisotopic (exact) mass is 711 g/mol. The van der Waals surface area contributed by atoms with Crippen molar-refractivity contribution in [3.05, 3.63) is 35.9 Å². The molecule has 6 atom stereocenters. The lowest BCUT2D eigenvalue weighted by molar-refractivity contribution is -0.145. The average molecular weight is 712 g/mol. The minimum absolute atomic E-state index is 0.0461. The molecule has 280 valence electrons. The molecule has 2 saturated carbocycles.